The third kappa shape index (κ3) is 7.94. The summed E-state index contributed by atoms with van der Waals surface area (Å²) in [5, 5.41) is 15.0. The van der Waals surface area contributed by atoms with Crippen molar-refractivity contribution in [2.75, 3.05) is 19.8 Å². The van der Waals surface area contributed by atoms with Crippen LogP contribution in [0.3, 0.4) is 0 Å². The highest BCUT2D eigenvalue weighted by Gasteiger charge is 2.37. The van der Waals surface area contributed by atoms with E-state index < -0.39 is 14.8 Å². The average molecular weight is 380 g/mol. The second-order valence-electron chi connectivity index (χ2n) is 7.33. The second kappa shape index (κ2) is 12.3. The van der Waals surface area contributed by atoms with Gasteiger partial charge in [-0.25, -0.2) is 13.6 Å². The number of ether oxygens (including phenoxy) is 1. The van der Waals surface area contributed by atoms with Gasteiger partial charge in [0.05, 0.1) is 4.75 Å². The SMILES string of the molecule is CCC(CC)(CO)CCCCOCCCCC(CC)(CC)S(N)(=O)=O. The van der Waals surface area contributed by atoms with Crippen LogP contribution in [0.5, 0.6) is 0 Å². The first-order valence-corrected chi connectivity index (χ1v) is 11.5. The first kappa shape index (κ1) is 24.8. The van der Waals surface area contributed by atoms with Crippen LogP contribution in [-0.4, -0.2) is 38.1 Å². The first-order chi connectivity index (χ1) is 11.8. The lowest BCUT2D eigenvalue weighted by Gasteiger charge is -2.29. The lowest BCUT2D eigenvalue weighted by molar-refractivity contribution is 0.0909. The fraction of sp³-hybridized carbons (Fsp3) is 1.00. The molecule has 0 atom stereocenters. The van der Waals surface area contributed by atoms with Gasteiger partial charge in [-0.2, -0.15) is 0 Å². The number of rotatable bonds is 16. The molecule has 0 amide bonds. The van der Waals surface area contributed by atoms with Crippen LogP contribution in [0, 0.1) is 5.41 Å². The molecule has 5 nitrogen and oxygen atoms in total. The third-order valence-corrected chi connectivity index (χ3v) is 8.13. The predicted octanol–water partition coefficient (Wildman–Crippen LogP) is 3.99. The second-order valence-corrected chi connectivity index (χ2v) is 9.28. The maximum absolute atomic E-state index is 11.8. The molecule has 0 radical (unpaired) electrons. The molecule has 0 aromatic carbocycles. The zero-order chi connectivity index (χ0) is 19.4. The van der Waals surface area contributed by atoms with Crippen LogP contribution >= 0.6 is 0 Å². The van der Waals surface area contributed by atoms with Crippen LogP contribution in [-0.2, 0) is 14.8 Å². The van der Waals surface area contributed by atoms with Crippen LogP contribution in [0.2, 0.25) is 0 Å². The third-order valence-electron chi connectivity index (χ3n) is 6.14. The highest BCUT2D eigenvalue weighted by Crippen LogP contribution is 2.32. The number of sulfonamides is 1. The topological polar surface area (TPSA) is 89.6 Å². The lowest BCUT2D eigenvalue weighted by atomic mass is 9.79. The van der Waals surface area contributed by atoms with E-state index in [0.717, 1.165) is 51.6 Å². The summed E-state index contributed by atoms with van der Waals surface area (Å²) >= 11 is 0. The van der Waals surface area contributed by atoms with Crippen molar-refractivity contribution in [3.63, 3.8) is 0 Å². The molecule has 0 bridgehead atoms. The molecule has 0 aliphatic carbocycles. The lowest BCUT2D eigenvalue weighted by Crippen LogP contribution is -2.42. The van der Waals surface area contributed by atoms with Crippen molar-refractivity contribution in [1.82, 2.24) is 0 Å². The van der Waals surface area contributed by atoms with Gasteiger partial charge in [0.25, 0.3) is 0 Å². The van der Waals surface area contributed by atoms with Gasteiger partial charge in [-0.05, 0) is 63.2 Å². The van der Waals surface area contributed by atoms with Crippen LogP contribution in [0.25, 0.3) is 0 Å². The molecular formula is C19H41NO4S. The molecule has 0 aliphatic heterocycles. The summed E-state index contributed by atoms with van der Waals surface area (Å²) in [6.07, 6.45) is 8.56. The summed E-state index contributed by atoms with van der Waals surface area (Å²) in [5.41, 5.74) is 0.0807. The highest BCUT2D eigenvalue weighted by molar-refractivity contribution is 7.90. The summed E-state index contributed by atoms with van der Waals surface area (Å²) in [7, 11) is -3.51. The summed E-state index contributed by atoms with van der Waals surface area (Å²) in [4.78, 5) is 0. The van der Waals surface area contributed by atoms with Crippen molar-refractivity contribution in [2.45, 2.75) is 96.7 Å². The van der Waals surface area contributed by atoms with Crippen LogP contribution in [0.15, 0.2) is 0 Å². The van der Waals surface area contributed by atoms with Gasteiger partial charge in [-0.3, -0.25) is 0 Å². The molecule has 0 rings (SSSR count). The van der Waals surface area contributed by atoms with Gasteiger partial charge < -0.3 is 9.84 Å². The van der Waals surface area contributed by atoms with E-state index in [0.29, 0.717) is 25.9 Å². The minimum Gasteiger partial charge on any atom is -0.396 e. The van der Waals surface area contributed by atoms with E-state index in [1.165, 1.54) is 0 Å². The molecule has 152 valence electrons. The van der Waals surface area contributed by atoms with Crippen LogP contribution < -0.4 is 5.14 Å². The summed E-state index contributed by atoms with van der Waals surface area (Å²) < 4.78 is 28.6. The number of aliphatic hydroxyl groups excluding tert-OH is 1. The normalized spacial score (nSPS) is 13.4. The Morgan fingerprint density at radius 1 is 0.840 bits per heavy atom. The molecule has 0 aliphatic rings. The van der Waals surface area contributed by atoms with E-state index in [-0.39, 0.29) is 12.0 Å². The zero-order valence-corrected chi connectivity index (χ0v) is 17.7. The molecule has 0 saturated heterocycles. The quantitative estimate of drug-likeness (QED) is 0.397. The maximum atomic E-state index is 11.8. The van der Waals surface area contributed by atoms with E-state index >= 15 is 0 Å². The van der Waals surface area contributed by atoms with Crippen molar-refractivity contribution in [3.8, 4) is 0 Å². The Hall–Kier alpha value is -0.170. The Labute approximate surface area is 155 Å². The van der Waals surface area contributed by atoms with Gasteiger partial charge in [0.15, 0.2) is 0 Å². The number of primary sulfonamides is 1. The summed E-state index contributed by atoms with van der Waals surface area (Å²) in [6, 6.07) is 0. The van der Waals surface area contributed by atoms with E-state index in [1.54, 1.807) is 0 Å². The van der Waals surface area contributed by atoms with Crippen molar-refractivity contribution in [3.05, 3.63) is 0 Å². The number of aliphatic hydroxyl groups is 1. The molecule has 6 heteroatoms. The molecule has 0 heterocycles. The Bertz CT molecular complexity index is 420. The minimum absolute atomic E-state index is 0.0807. The predicted molar refractivity (Wildman–Crippen MR) is 105 cm³/mol. The maximum Gasteiger partial charge on any atom is 0.214 e. The van der Waals surface area contributed by atoms with Gasteiger partial charge in [0.1, 0.15) is 0 Å². The molecule has 0 aromatic heterocycles. The summed E-state index contributed by atoms with van der Waals surface area (Å²) in [5.74, 6) is 0. The van der Waals surface area contributed by atoms with Gasteiger partial charge >= 0.3 is 0 Å². The molecule has 0 saturated carbocycles. The zero-order valence-electron chi connectivity index (χ0n) is 16.8. The molecular weight excluding hydrogens is 338 g/mol. The smallest absolute Gasteiger partial charge is 0.214 e. The monoisotopic (exact) mass is 379 g/mol. The van der Waals surface area contributed by atoms with Gasteiger partial charge in [0.2, 0.25) is 10.0 Å². The molecule has 0 aromatic rings. The average Bonchev–Trinajstić information content (AvgIpc) is 2.60. The largest absolute Gasteiger partial charge is 0.396 e. The van der Waals surface area contributed by atoms with Gasteiger partial charge in [0, 0.05) is 19.8 Å². The number of hydrogen-bond acceptors (Lipinski definition) is 4. The minimum atomic E-state index is -3.51. The van der Waals surface area contributed by atoms with Crippen molar-refractivity contribution in [1.29, 1.82) is 0 Å². The fourth-order valence-corrected chi connectivity index (χ4v) is 4.75. The molecule has 25 heavy (non-hydrogen) atoms. The standard InChI is InChI=1S/C19H41NO4S/c1-5-18(6-2,17-21)13-9-11-15-24-16-12-10-14-19(7-3,8-4)25(20,22)23/h21H,5-17H2,1-4H3,(H2,20,22,23). The van der Waals surface area contributed by atoms with E-state index in [2.05, 4.69) is 13.8 Å². The molecule has 0 unspecified atom stereocenters. The van der Waals surface area contributed by atoms with Gasteiger partial charge in [-0.15, -0.1) is 0 Å². The van der Waals surface area contributed by atoms with Crippen LogP contribution in [0.4, 0.5) is 0 Å². The van der Waals surface area contributed by atoms with Crippen molar-refractivity contribution in [2.24, 2.45) is 10.6 Å². The number of hydrogen-bond donors (Lipinski definition) is 2. The number of unbranched alkanes of at least 4 members (excludes halogenated alkanes) is 2. The summed E-state index contributed by atoms with van der Waals surface area (Å²) in [6.45, 7) is 9.74. The van der Waals surface area contributed by atoms with Crippen molar-refractivity contribution < 1.29 is 18.3 Å². The Morgan fingerprint density at radius 3 is 1.68 bits per heavy atom. The Kier molecular flexibility index (Phi) is 12.2. The highest BCUT2D eigenvalue weighted by atomic mass is 32.2. The fourth-order valence-electron chi connectivity index (χ4n) is 3.51. The molecule has 3 N–H and O–H groups in total. The first-order valence-electron chi connectivity index (χ1n) is 9.97. The van der Waals surface area contributed by atoms with E-state index in [9.17, 15) is 13.5 Å². The van der Waals surface area contributed by atoms with Crippen molar-refractivity contribution >= 4 is 10.0 Å². The number of nitrogens with two attached hydrogens (primary N) is 1. The Morgan fingerprint density at radius 2 is 1.32 bits per heavy atom. The van der Waals surface area contributed by atoms with E-state index in [1.807, 2.05) is 13.8 Å². The van der Waals surface area contributed by atoms with Gasteiger partial charge in [-0.1, -0.05) is 34.1 Å². The van der Waals surface area contributed by atoms with E-state index in [4.69, 9.17) is 9.88 Å². The molecule has 0 spiro atoms. The molecule has 0 fully saturated rings. The Balaban J connectivity index is 3.91. The van der Waals surface area contributed by atoms with Crippen LogP contribution in [0.1, 0.15) is 91.9 Å².